The summed E-state index contributed by atoms with van der Waals surface area (Å²) in [4.78, 5) is 12.0. The highest BCUT2D eigenvalue weighted by molar-refractivity contribution is 6.30. The average molecular weight is 319 g/mol. The Morgan fingerprint density at radius 2 is 2.14 bits per heavy atom. The van der Waals surface area contributed by atoms with Gasteiger partial charge in [-0.05, 0) is 37.6 Å². The van der Waals surface area contributed by atoms with E-state index in [4.69, 9.17) is 20.9 Å². The van der Waals surface area contributed by atoms with Gasteiger partial charge < -0.3 is 14.6 Å². The van der Waals surface area contributed by atoms with Crippen molar-refractivity contribution < 1.29 is 14.1 Å². The Labute approximate surface area is 132 Å². The summed E-state index contributed by atoms with van der Waals surface area (Å²) < 4.78 is 10.3. The maximum Gasteiger partial charge on any atom is 0.354 e. The van der Waals surface area contributed by atoms with Crippen LogP contribution in [0.15, 0.2) is 40.6 Å². The van der Waals surface area contributed by atoms with Crippen molar-refractivity contribution in [2.24, 2.45) is 0 Å². The molecule has 2 heterocycles. The summed E-state index contributed by atoms with van der Waals surface area (Å²) in [5.74, 6) is -0.0802. The number of carbonyl (C=O) groups is 1. The number of nitrogens with zero attached hydrogens (tertiary/aromatic N) is 1. The first kappa shape index (κ1) is 14.7. The van der Waals surface area contributed by atoms with Crippen LogP contribution in [-0.4, -0.2) is 17.7 Å². The number of hydrogen-bond acceptors (Lipinski definition) is 5. The quantitative estimate of drug-likeness (QED) is 0.875. The second-order valence-electron chi connectivity index (χ2n) is 4.97. The van der Waals surface area contributed by atoms with Gasteiger partial charge in [0.05, 0.1) is 17.9 Å². The van der Waals surface area contributed by atoms with Crippen LogP contribution in [0.4, 0.5) is 5.88 Å². The number of fused-ring (bicyclic) bond motifs is 1. The van der Waals surface area contributed by atoms with Gasteiger partial charge in [-0.15, -0.1) is 0 Å². The molecule has 1 aromatic heterocycles. The van der Waals surface area contributed by atoms with Gasteiger partial charge >= 0.3 is 5.97 Å². The highest BCUT2D eigenvalue weighted by atomic mass is 35.5. The van der Waals surface area contributed by atoms with E-state index in [1.807, 2.05) is 37.3 Å². The van der Waals surface area contributed by atoms with Crippen LogP contribution in [0, 0.1) is 6.92 Å². The first-order chi connectivity index (χ1) is 10.6. The van der Waals surface area contributed by atoms with E-state index in [0.29, 0.717) is 23.2 Å². The molecule has 1 aliphatic heterocycles. The summed E-state index contributed by atoms with van der Waals surface area (Å²) in [7, 11) is 0. The molecule has 5 nitrogen and oxygen atoms in total. The molecule has 0 bridgehead atoms. The van der Waals surface area contributed by atoms with Gasteiger partial charge in [0.25, 0.3) is 0 Å². The normalized spacial score (nSPS) is 16.5. The maximum atomic E-state index is 12.0. The number of benzene rings is 1. The Bertz CT molecular complexity index is 734. The van der Waals surface area contributed by atoms with Crippen molar-refractivity contribution in [2.75, 3.05) is 11.9 Å². The summed E-state index contributed by atoms with van der Waals surface area (Å²) >= 11 is 5.95. The number of allylic oxidation sites excluding steroid dienone is 1. The Hall–Kier alpha value is -2.27. The number of ether oxygens (including phenoxy) is 1. The van der Waals surface area contributed by atoms with Crippen molar-refractivity contribution in [3.63, 3.8) is 0 Å². The summed E-state index contributed by atoms with van der Waals surface area (Å²) in [6, 6.07) is 7.49. The number of esters is 1. The Kier molecular flexibility index (Phi) is 3.90. The fraction of sp³-hybridized carbons (Fsp3) is 0.250. The van der Waals surface area contributed by atoms with E-state index in [0.717, 1.165) is 16.8 Å². The van der Waals surface area contributed by atoms with Gasteiger partial charge in [-0.2, -0.15) is 0 Å². The molecule has 1 aromatic carbocycles. The van der Waals surface area contributed by atoms with Crippen molar-refractivity contribution in [1.29, 1.82) is 0 Å². The standard InChI is InChI=1S/C16H15ClN2O3/c1-3-21-16(20)13-8-12(10-4-6-11(17)7-5-10)14-9(2)19-22-15(14)18-13/h4-8,12,18H,3H2,1-2H3. The molecule has 22 heavy (non-hydrogen) atoms. The summed E-state index contributed by atoms with van der Waals surface area (Å²) in [5, 5.41) is 7.59. The zero-order valence-electron chi connectivity index (χ0n) is 12.2. The zero-order valence-corrected chi connectivity index (χ0v) is 13.0. The molecule has 0 spiro atoms. The minimum absolute atomic E-state index is 0.140. The SMILES string of the molecule is CCOC(=O)C1=CC(c2ccc(Cl)cc2)c2c(C)noc2N1. The van der Waals surface area contributed by atoms with Crippen LogP contribution in [0.3, 0.4) is 0 Å². The second kappa shape index (κ2) is 5.85. The van der Waals surface area contributed by atoms with Crippen molar-refractivity contribution in [1.82, 2.24) is 5.16 Å². The third-order valence-electron chi connectivity index (χ3n) is 3.53. The lowest BCUT2D eigenvalue weighted by atomic mass is 9.88. The van der Waals surface area contributed by atoms with Gasteiger partial charge in [-0.25, -0.2) is 4.79 Å². The molecule has 1 atom stereocenters. The number of aromatic nitrogens is 1. The minimum atomic E-state index is -0.416. The summed E-state index contributed by atoms with van der Waals surface area (Å²) in [6.45, 7) is 3.95. The Morgan fingerprint density at radius 1 is 1.41 bits per heavy atom. The van der Waals surface area contributed by atoms with Crippen LogP contribution in [0.5, 0.6) is 0 Å². The lowest BCUT2D eigenvalue weighted by Crippen LogP contribution is -2.20. The van der Waals surface area contributed by atoms with E-state index in [1.54, 1.807) is 6.92 Å². The van der Waals surface area contributed by atoms with Gasteiger partial charge in [0.2, 0.25) is 5.88 Å². The number of hydrogen-bond donors (Lipinski definition) is 1. The fourth-order valence-electron chi connectivity index (χ4n) is 2.51. The van der Waals surface area contributed by atoms with E-state index in [1.165, 1.54) is 0 Å². The molecule has 3 rings (SSSR count). The van der Waals surface area contributed by atoms with Crippen LogP contribution < -0.4 is 5.32 Å². The highest BCUT2D eigenvalue weighted by Crippen LogP contribution is 2.39. The molecule has 0 saturated carbocycles. The molecule has 0 amide bonds. The molecular formula is C16H15ClN2O3. The van der Waals surface area contributed by atoms with Crippen molar-refractivity contribution in [3.8, 4) is 0 Å². The third kappa shape index (κ3) is 2.60. The van der Waals surface area contributed by atoms with Crippen LogP contribution in [0.2, 0.25) is 5.02 Å². The van der Waals surface area contributed by atoms with E-state index < -0.39 is 5.97 Å². The second-order valence-corrected chi connectivity index (χ2v) is 5.40. The van der Waals surface area contributed by atoms with Gasteiger partial charge in [-0.3, -0.25) is 0 Å². The zero-order chi connectivity index (χ0) is 15.7. The first-order valence-electron chi connectivity index (χ1n) is 6.97. The van der Waals surface area contributed by atoms with Gasteiger partial charge in [0.15, 0.2) is 0 Å². The maximum absolute atomic E-state index is 12.0. The predicted octanol–water partition coefficient (Wildman–Crippen LogP) is 3.64. The van der Waals surface area contributed by atoms with Crippen LogP contribution >= 0.6 is 11.6 Å². The summed E-state index contributed by atoms with van der Waals surface area (Å²) in [6.07, 6.45) is 1.83. The first-order valence-corrected chi connectivity index (χ1v) is 7.35. The number of carbonyl (C=O) groups excluding carboxylic acids is 1. The minimum Gasteiger partial charge on any atom is -0.461 e. The van der Waals surface area contributed by atoms with E-state index in [9.17, 15) is 4.79 Å². The van der Waals surface area contributed by atoms with Crippen LogP contribution in [-0.2, 0) is 9.53 Å². The number of anilines is 1. The van der Waals surface area contributed by atoms with E-state index in [2.05, 4.69) is 10.5 Å². The molecule has 1 N–H and O–H groups in total. The lowest BCUT2D eigenvalue weighted by Gasteiger charge is -2.21. The highest BCUT2D eigenvalue weighted by Gasteiger charge is 2.30. The topological polar surface area (TPSA) is 64.4 Å². The molecule has 0 fully saturated rings. The molecule has 1 aliphatic rings. The third-order valence-corrected chi connectivity index (χ3v) is 3.78. The van der Waals surface area contributed by atoms with Gasteiger partial charge in [-0.1, -0.05) is 28.9 Å². The summed E-state index contributed by atoms with van der Waals surface area (Å²) in [5.41, 5.74) is 3.04. The van der Waals surface area contributed by atoms with Crippen molar-refractivity contribution >= 4 is 23.5 Å². The molecule has 6 heteroatoms. The van der Waals surface area contributed by atoms with Crippen LogP contribution in [0.1, 0.15) is 29.7 Å². The molecule has 114 valence electrons. The molecule has 0 aliphatic carbocycles. The van der Waals surface area contributed by atoms with Crippen LogP contribution in [0.25, 0.3) is 0 Å². The predicted molar refractivity (Wildman–Crippen MR) is 82.9 cm³/mol. The molecule has 0 saturated heterocycles. The monoisotopic (exact) mass is 318 g/mol. The largest absolute Gasteiger partial charge is 0.461 e. The van der Waals surface area contributed by atoms with E-state index >= 15 is 0 Å². The fourth-order valence-corrected chi connectivity index (χ4v) is 2.63. The molecule has 1 unspecified atom stereocenters. The molecule has 2 aromatic rings. The van der Waals surface area contributed by atoms with Gasteiger partial charge in [0.1, 0.15) is 5.70 Å². The Morgan fingerprint density at radius 3 is 2.82 bits per heavy atom. The van der Waals surface area contributed by atoms with Crippen molar-refractivity contribution in [3.05, 3.63) is 57.9 Å². The number of nitrogens with one attached hydrogen (secondary N) is 1. The Balaban J connectivity index is 2.05. The van der Waals surface area contributed by atoms with E-state index in [-0.39, 0.29) is 5.92 Å². The van der Waals surface area contributed by atoms with Gasteiger partial charge in [0, 0.05) is 10.9 Å². The van der Waals surface area contributed by atoms with Crippen molar-refractivity contribution in [2.45, 2.75) is 19.8 Å². The smallest absolute Gasteiger partial charge is 0.354 e. The average Bonchev–Trinajstić information content (AvgIpc) is 2.89. The number of halogens is 1. The number of aryl methyl sites for hydroxylation is 1. The number of rotatable bonds is 3. The molecule has 0 radical (unpaired) electrons. The molecular weight excluding hydrogens is 304 g/mol. The lowest BCUT2D eigenvalue weighted by molar-refractivity contribution is -0.138.